The molecule has 1 rings (SSSR count). The summed E-state index contributed by atoms with van der Waals surface area (Å²) >= 11 is 1.93. The fraction of sp³-hybridized carbons (Fsp3) is 0. The van der Waals surface area contributed by atoms with E-state index in [2.05, 4.69) is 0 Å². The lowest BCUT2D eigenvalue weighted by molar-refractivity contribution is 0.526. The molecule has 0 spiro atoms. The summed E-state index contributed by atoms with van der Waals surface area (Å²) in [6.07, 6.45) is 0. The van der Waals surface area contributed by atoms with E-state index in [9.17, 15) is 0 Å². The van der Waals surface area contributed by atoms with Gasteiger partial charge in [0.1, 0.15) is 29.5 Å². The minimum Gasteiger partial charge on any atom is -0.450 e. The van der Waals surface area contributed by atoms with Gasteiger partial charge in [0, 0.05) is 0 Å². The van der Waals surface area contributed by atoms with E-state index in [1.165, 1.54) is 0 Å². The number of hydrogen-bond donors (Lipinski definition) is 0. The van der Waals surface area contributed by atoms with Crippen molar-refractivity contribution in [1.82, 2.24) is 0 Å². The third kappa shape index (κ3) is 1.93. The van der Waals surface area contributed by atoms with Crippen LogP contribution in [0.5, 0.6) is 0 Å². The van der Waals surface area contributed by atoms with Gasteiger partial charge in [0.15, 0.2) is 9.34 Å². The number of allylic oxidation sites excluding steroid dienone is 2. The van der Waals surface area contributed by atoms with Gasteiger partial charge >= 0.3 is 0 Å². The molecule has 0 aliphatic carbocycles. The van der Waals surface area contributed by atoms with Gasteiger partial charge in [-0.3, -0.25) is 0 Å². The van der Waals surface area contributed by atoms with E-state index in [4.69, 9.17) is 20.2 Å². The summed E-state index contributed by atoms with van der Waals surface area (Å²) < 4.78 is 5.72. The van der Waals surface area contributed by atoms with Crippen molar-refractivity contribution in [3.63, 3.8) is 0 Å². The monoisotopic (exact) mass is 295 g/mol. The van der Waals surface area contributed by atoms with Gasteiger partial charge in [0.05, 0.1) is 0 Å². The average molecular weight is 295 g/mol. The van der Waals surface area contributed by atoms with Crippen molar-refractivity contribution in [2.24, 2.45) is 0 Å². The van der Waals surface area contributed by atoms with Gasteiger partial charge in [-0.2, -0.15) is 15.8 Å². The van der Waals surface area contributed by atoms with E-state index in [1.807, 2.05) is 22.6 Å². The Labute approximate surface area is 93.8 Å². The lowest BCUT2D eigenvalue weighted by Crippen LogP contribution is -1.83. The fourth-order valence-electron chi connectivity index (χ4n) is 0.820. The Hall–Kier alpha value is -1.78. The first kappa shape index (κ1) is 10.3. The molecule has 0 saturated carbocycles. The van der Waals surface area contributed by atoms with Crippen molar-refractivity contribution in [2.45, 2.75) is 0 Å². The van der Waals surface area contributed by atoms with Gasteiger partial charge in [-0.15, -0.1) is 0 Å². The maximum Gasteiger partial charge on any atom is 0.164 e. The second-order valence-corrected chi connectivity index (χ2v) is 3.25. The quantitative estimate of drug-likeness (QED) is 0.587. The van der Waals surface area contributed by atoms with Crippen LogP contribution in [0.4, 0.5) is 0 Å². The zero-order valence-corrected chi connectivity index (χ0v) is 8.94. The molecule has 0 radical (unpaired) electrons. The SMILES string of the molecule is N#CC(C#N)=C(C#N)c1ccc(I)o1. The molecule has 66 valence electrons. The van der Waals surface area contributed by atoms with Crippen LogP contribution in [0.25, 0.3) is 5.57 Å². The average Bonchev–Trinajstić information content (AvgIpc) is 2.60. The van der Waals surface area contributed by atoms with E-state index < -0.39 is 0 Å². The zero-order valence-electron chi connectivity index (χ0n) is 6.78. The Bertz CT molecular complexity index is 491. The van der Waals surface area contributed by atoms with Crippen LogP contribution < -0.4 is 0 Å². The molecule has 0 N–H and O–H groups in total. The normalized spacial score (nSPS) is 8.14. The van der Waals surface area contributed by atoms with E-state index in [0.29, 0.717) is 3.77 Å². The summed E-state index contributed by atoms with van der Waals surface area (Å²) in [6, 6.07) is 8.26. The third-order valence-corrected chi connectivity index (χ3v) is 1.98. The minimum atomic E-state index is -0.238. The first-order chi connectivity index (χ1) is 6.72. The van der Waals surface area contributed by atoms with Gasteiger partial charge in [0.25, 0.3) is 0 Å². The summed E-state index contributed by atoms with van der Waals surface area (Å²) in [4.78, 5) is 0. The Balaban J connectivity index is 3.35. The number of furan rings is 1. The molecule has 0 amide bonds. The van der Waals surface area contributed by atoms with Crippen molar-refractivity contribution in [3.05, 3.63) is 27.2 Å². The molecule has 1 heterocycles. The Morgan fingerprint density at radius 3 is 2.14 bits per heavy atom. The first-order valence-electron chi connectivity index (χ1n) is 3.43. The molecule has 14 heavy (non-hydrogen) atoms. The van der Waals surface area contributed by atoms with Crippen molar-refractivity contribution >= 4 is 28.2 Å². The first-order valence-corrected chi connectivity index (χ1v) is 4.51. The fourth-order valence-corrected chi connectivity index (χ4v) is 1.24. The van der Waals surface area contributed by atoms with Crippen LogP contribution in [0.3, 0.4) is 0 Å². The molecule has 1 aromatic rings. The molecule has 0 aliphatic rings. The van der Waals surface area contributed by atoms with Crippen molar-refractivity contribution in [2.75, 3.05) is 0 Å². The van der Waals surface area contributed by atoms with Crippen LogP contribution in [-0.2, 0) is 0 Å². The number of hydrogen-bond acceptors (Lipinski definition) is 4. The number of nitriles is 3. The Kier molecular flexibility index (Phi) is 3.28. The zero-order chi connectivity index (χ0) is 10.6. The van der Waals surface area contributed by atoms with E-state index >= 15 is 0 Å². The third-order valence-electron chi connectivity index (χ3n) is 1.41. The van der Waals surface area contributed by atoms with Gasteiger partial charge in [-0.25, -0.2) is 0 Å². The molecule has 4 nitrogen and oxygen atoms in total. The second kappa shape index (κ2) is 4.45. The van der Waals surface area contributed by atoms with E-state index in [0.717, 1.165) is 0 Å². The largest absolute Gasteiger partial charge is 0.450 e. The summed E-state index contributed by atoms with van der Waals surface area (Å²) in [6.45, 7) is 0. The van der Waals surface area contributed by atoms with Gasteiger partial charge in [-0.1, -0.05) is 0 Å². The van der Waals surface area contributed by atoms with Crippen LogP contribution in [0.2, 0.25) is 0 Å². The predicted molar refractivity (Wildman–Crippen MR) is 55.2 cm³/mol. The van der Waals surface area contributed by atoms with Crippen LogP contribution in [0.1, 0.15) is 5.76 Å². The molecule has 0 atom stereocenters. The maximum absolute atomic E-state index is 8.75. The van der Waals surface area contributed by atoms with Gasteiger partial charge in [-0.05, 0) is 34.7 Å². The van der Waals surface area contributed by atoms with Crippen molar-refractivity contribution < 1.29 is 4.42 Å². The van der Waals surface area contributed by atoms with Gasteiger partial charge in [0.2, 0.25) is 0 Å². The highest BCUT2D eigenvalue weighted by Crippen LogP contribution is 2.21. The highest BCUT2D eigenvalue weighted by atomic mass is 127. The summed E-state index contributed by atoms with van der Waals surface area (Å²) in [5.41, 5.74) is -0.267. The predicted octanol–water partition coefficient (Wildman–Crippen LogP) is 2.21. The number of rotatable bonds is 1. The highest BCUT2D eigenvalue weighted by Gasteiger charge is 2.12. The summed E-state index contributed by atoms with van der Waals surface area (Å²) in [5, 5.41) is 25.9. The van der Waals surface area contributed by atoms with Crippen molar-refractivity contribution in [1.29, 1.82) is 15.8 Å². The molecule has 0 bridgehead atoms. The lowest BCUT2D eigenvalue weighted by atomic mass is 10.1. The lowest BCUT2D eigenvalue weighted by Gasteiger charge is -1.90. The van der Waals surface area contributed by atoms with Crippen LogP contribution in [0.15, 0.2) is 22.1 Å². The van der Waals surface area contributed by atoms with E-state index in [-0.39, 0.29) is 16.9 Å². The van der Waals surface area contributed by atoms with Crippen LogP contribution in [-0.4, -0.2) is 0 Å². The molecule has 1 aromatic heterocycles. The molecule has 0 fully saturated rings. The molecule has 0 aromatic carbocycles. The number of nitrogens with zero attached hydrogens (tertiary/aromatic N) is 3. The van der Waals surface area contributed by atoms with Crippen molar-refractivity contribution in [3.8, 4) is 18.2 Å². The maximum atomic E-state index is 8.75. The molecule has 0 unspecified atom stereocenters. The molecule has 0 aliphatic heterocycles. The summed E-state index contributed by atoms with van der Waals surface area (Å²) in [7, 11) is 0. The topological polar surface area (TPSA) is 84.5 Å². The van der Waals surface area contributed by atoms with Crippen LogP contribution >= 0.6 is 22.6 Å². The standard InChI is InChI=1S/C9H2IN3O/c10-9-2-1-8(14-9)7(5-13)6(3-11)4-12/h1-2H. The Morgan fingerprint density at radius 2 is 1.79 bits per heavy atom. The molecular weight excluding hydrogens is 293 g/mol. The number of halogens is 1. The smallest absolute Gasteiger partial charge is 0.164 e. The molecule has 0 saturated heterocycles. The van der Waals surface area contributed by atoms with Crippen LogP contribution in [0, 0.1) is 37.8 Å². The Morgan fingerprint density at radius 1 is 1.14 bits per heavy atom. The highest BCUT2D eigenvalue weighted by molar-refractivity contribution is 14.1. The minimum absolute atomic E-state index is 0.0297. The summed E-state index contributed by atoms with van der Waals surface area (Å²) in [5.74, 6) is 0.245. The molecule has 5 heteroatoms. The van der Waals surface area contributed by atoms with E-state index in [1.54, 1.807) is 30.3 Å². The van der Waals surface area contributed by atoms with Gasteiger partial charge < -0.3 is 4.42 Å². The second-order valence-electron chi connectivity index (χ2n) is 2.19. The molecular formula is C9H2IN3O.